The number of amides is 1. The standard InChI is InChI=1S/C21H16N2O/c24-20-18-12-7-15-22-19(18)21(23-20,17-10-5-2-6-11-17)14-13-16-8-3-1-4-9-16/h1-15H,(H,23,24)/b14-13+/t21-/m0/s1/i13+1. The highest BCUT2D eigenvalue weighted by Gasteiger charge is 2.43. The van der Waals surface area contributed by atoms with Crippen molar-refractivity contribution < 1.29 is 4.79 Å². The minimum atomic E-state index is -0.745. The Morgan fingerprint density at radius 1 is 0.875 bits per heavy atom. The highest BCUT2D eigenvalue weighted by atomic mass is 16.2. The van der Waals surface area contributed by atoms with E-state index in [1.807, 2.05) is 78.9 Å². The zero-order chi connectivity index (χ0) is 16.4. The van der Waals surface area contributed by atoms with E-state index >= 15 is 0 Å². The van der Waals surface area contributed by atoms with Gasteiger partial charge in [-0.2, -0.15) is 0 Å². The SMILES string of the molecule is O=C1N[C@@](/C=[13CH]/c2ccccc2)(c2ccccc2)c2ncccc21. The lowest BCUT2D eigenvalue weighted by Gasteiger charge is -2.26. The molecule has 1 amide bonds. The molecule has 3 aromatic rings. The Bertz CT molecular complexity index is 903. The van der Waals surface area contributed by atoms with Crippen LogP contribution in [0, 0.1) is 0 Å². The Kier molecular flexibility index (Phi) is 3.47. The molecule has 0 radical (unpaired) electrons. The smallest absolute Gasteiger partial charge is 0.254 e. The molecule has 24 heavy (non-hydrogen) atoms. The third-order valence-electron chi connectivity index (χ3n) is 4.29. The van der Waals surface area contributed by atoms with E-state index in [1.165, 1.54) is 0 Å². The van der Waals surface area contributed by atoms with Crippen LogP contribution in [0.1, 0.15) is 27.2 Å². The van der Waals surface area contributed by atoms with Gasteiger partial charge in [-0.25, -0.2) is 0 Å². The Morgan fingerprint density at radius 3 is 2.33 bits per heavy atom. The molecule has 4 rings (SSSR count). The first-order valence-electron chi connectivity index (χ1n) is 7.87. The molecule has 1 N–H and O–H groups in total. The Labute approximate surface area is 140 Å². The molecule has 0 bridgehead atoms. The first-order valence-corrected chi connectivity index (χ1v) is 7.87. The number of aromatic nitrogens is 1. The summed E-state index contributed by atoms with van der Waals surface area (Å²) in [5, 5.41) is 3.13. The Balaban J connectivity index is 1.90. The second-order valence-electron chi connectivity index (χ2n) is 5.77. The number of nitrogens with zero attached hydrogens (tertiary/aromatic N) is 1. The predicted octanol–water partition coefficient (Wildman–Crippen LogP) is 3.78. The van der Waals surface area contributed by atoms with Gasteiger partial charge in [-0.1, -0.05) is 66.7 Å². The fourth-order valence-electron chi connectivity index (χ4n) is 3.12. The van der Waals surface area contributed by atoms with Crippen LogP contribution in [-0.2, 0) is 5.54 Å². The molecule has 2 aromatic carbocycles. The number of hydrogen-bond donors (Lipinski definition) is 1. The summed E-state index contributed by atoms with van der Waals surface area (Å²) in [7, 11) is 0. The highest BCUT2D eigenvalue weighted by Crippen LogP contribution is 2.37. The molecule has 0 unspecified atom stereocenters. The third-order valence-corrected chi connectivity index (χ3v) is 4.29. The summed E-state index contributed by atoms with van der Waals surface area (Å²) in [4.78, 5) is 17.0. The molecule has 0 saturated carbocycles. The molecular weight excluding hydrogens is 297 g/mol. The summed E-state index contributed by atoms with van der Waals surface area (Å²) >= 11 is 0. The Hall–Kier alpha value is -3.20. The van der Waals surface area contributed by atoms with E-state index in [-0.39, 0.29) is 5.91 Å². The summed E-state index contributed by atoms with van der Waals surface area (Å²) in [6.07, 6.45) is 5.78. The zero-order valence-electron chi connectivity index (χ0n) is 13.0. The summed E-state index contributed by atoms with van der Waals surface area (Å²) in [5.74, 6) is -0.0975. The summed E-state index contributed by atoms with van der Waals surface area (Å²) in [5.41, 5.74) is 2.69. The van der Waals surface area contributed by atoms with Crippen molar-refractivity contribution in [2.45, 2.75) is 5.54 Å². The van der Waals surface area contributed by atoms with Crippen LogP contribution in [0.3, 0.4) is 0 Å². The fourth-order valence-corrected chi connectivity index (χ4v) is 3.12. The average Bonchev–Trinajstić information content (AvgIpc) is 2.95. The van der Waals surface area contributed by atoms with Gasteiger partial charge in [0, 0.05) is 6.20 Å². The molecule has 1 aliphatic heterocycles. The van der Waals surface area contributed by atoms with Crippen molar-refractivity contribution in [3.05, 3.63) is 107 Å². The first-order chi connectivity index (χ1) is 11.8. The van der Waals surface area contributed by atoms with Gasteiger partial charge in [0.05, 0.1) is 11.3 Å². The number of benzene rings is 2. The van der Waals surface area contributed by atoms with Crippen molar-refractivity contribution >= 4 is 12.0 Å². The normalized spacial score (nSPS) is 19.2. The molecule has 0 saturated heterocycles. The van der Waals surface area contributed by atoms with Gasteiger partial charge in [0.1, 0.15) is 5.54 Å². The number of hydrogen-bond acceptors (Lipinski definition) is 2. The fraction of sp³-hybridized carbons (Fsp3) is 0.0476. The van der Waals surface area contributed by atoms with Gasteiger partial charge in [0.25, 0.3) is 5.91 Å². The van der Waals surface area contributed by atoms with Gasteiger partial charge < -0.3 is 5.32 Å². The molecular formula is C21H16N2O. The number of pyridine rings is 1. The van der Waals surface area contributed by atoms with Gasteiger partial charge >= 0.3 is 0 Å². The molecule has 1 aromatic heterocycles. The molecule has 0 spiro atoms. The minimum Gasteiger partial charge on any atom is -0.333 e. The lowest BCUT2D eigenvalue weighted by atomic mass is 9.87. The maximum Gasteiger partial charge on any atom is 0.254 e. The quantitative estimate of drug-likeness (QED) is 0.748. The van der Waals surface area contributed by atoms with Crippen LogP contribution in [0.4, 0.5) is 0 Å². The summed E-state index contributed by atoms with van der Waals surface area (Å²) in [6.45, 7) is 0. The van der Waals surface area contributed by atoms with Crippen LogP contribution in [-0.4, -0.2) is 10.9 Å². The maximum atomic E-state index is 12.5. The molecule has 116 valence electrons. The average molecular weight is 313 g/mol. The van der Waals surface area contributed by atoms with Crippen molar-refractivity contribution in [2.75, 3.05) is 0 Å². The van der Waals surface area contributed by atoms with Crippen LogP contribution < -0.4 is 5.32 Å². The number of carbonyl (C=O) groups is 1. The summed E-state index contributed by atoms with van der Waals surface area (Å²) < 4.78 is 0. The second-order valence-corrected chi connectivity index (χ2v) is 5.77. The molecule has 3 heteroatoms. The van der Waals surface area contributed by atoms with Crippen LogP contribution in [0.2, 0.25) is 0 Å². The van der Waals surface area contributed by atoms with E-state index in [2.05, 4.69) is 10.3 Å². The molecule has 1 aliphatic rings. The number of nitrogens with one attached hydrogen (secondary N) is 1. The van der Waals surface area contributed by atoms with Crippen LogP contribution in [0.15, 0.2) is 85.1 Å². The number of fused-ring (bicyclic) bond motifs is 1. The largest absolute Gasteiger partial charge is 0.333 e. The van der Waals surface area contributed by atoms with E-state index in [9.17, 15) is 4.79 Å². The molecule has 1 atom stereocenters. The van der Waals surface area contributed by atoms with E-state index in [0.717, 1.165) is 16.8 Å². The lowest BCUT2D eigenvalue weighted by Crippen LogP contribution is -2.39. The van der Waals surface area contributed by atoms with Gasteiger partial charge in [-0.05, 0) is 29.3 Å². The van der Waals surface area contributed by atoms with E-state index in [1.54, 1.807) is 12.3 Å². The van der Waals surface area contributed by atoms with Gasteiger partial charge in [-0.3, -0.25) is 9.78 Å². The van der Waals surface area contributed by atoms with Crippen molar-refractivity contribution in [3.8, 4) is 0 Å². The van der Waals surface area contributed by atoms with Crippen LogP contribution >= 0.6 is 0 Å². The lowest BCUT2D eigenvalue weighted by molar-refractivity contribution is 0.0950. The van der Waals surface area contributed by atoms with E-state index in [0.29, 0.717) is 5.56 Å². The summed E-state index contributed by atoms with van der Waals surface area (Å²) in [6, 6.07) is 23.6. The van der Waals surface area contributed by atoms with Gasteiger partial charge in [-0.15, -0.1) is 0 Å². The van der Waals surface area contributed by atoms with Crippen molar-refractivity contribution in [1.29, 1.82) is 0 Å². The maximum absolute atomic E-state index is 12.5. The third kappa shape index (κ3) is 2.31. The molecule has 3 nitrogen and oxygen atoms in total. The van der Waals surface area contributed by atoms with Gasteiger partial charge in [0.2, 0.25) is 0 Å². The van der Waals surface area contributed by atoms with Crippen molar-refractivity contribution in [1.82, 2.24) is 10.3 Å². The molecule has 0 aliphatic carbocycles. The van der Waals surface area contributed by atoms with Crippen LogP contribution in [0.25, 0.3) is 6.08 Å². The van der Waals surface area contributed by atoms with Gasteiger partial charge in [0.15, 0.2) is 0 Å². The van der Waals surface area contributed by atoms with Crippen molar-refractivity contribution in [3.63, 3.8) is 0 Å². The van der Waals surface area contributed by atoms with E-state index < -0.39 is 5.54 Å². The molecule has 2 heterocycles. The van der Waals surface area contributed by atoms with Crippen LogP contribution in [0.5, 0.6) is 0 Å². The highest BCUT2D eigenvalue weighted by molar-refractivity contribution is 6.00. The zero-order valence-corrected chi connectivity index (χ0v) is 13.0. The second kappa shape index (κ2) is 5.78. The monoisotopic (exact) mass is 313 g/mol. The van der Waals surface area contributed by atoms with E-state index in [4.69, 9.17) is 0 Å². The Morgan fingerprint density at radius 2 is 1.58 bits per heavy atom. The minimum absolute atomic E-state index is 0.0975. The molecule has 0 fully saturated rings. The van der Waals surface area contributed by atoms with Crippen molar-refractivity contribution in [2.24, 2.45) is 0 Å². The number of rotatable bonds is 3. The predicted molar refractivity (Wildman–Crippen MR) is 94.4 cm³/mol. The topological polar surface area (TPSA) is 42.0 Å². The number of carbonyl (C=O) groups excluding carboxylic acids is 1. The first kappa shape index (κ1) is 14.4.